The summed E-state index contributed by atoms with van der Waals surface area (Å²) in [6.45, 7) is 7.75. The molecule has 0 saturated heterocycles. The number of hydrogen-bond donors (Lipinski definition) is 1. The summed E-state index contributed by atoms with van der Waals surface area (Å²) >= 11 is 0. The average Bonchev–Trinajstić information content (AvgIpc) is 2.76. The number of benzene rings is 1. The highest BCUT2D eigenvalue weighted by atomic mass is 16.5. The third-order valence-electron chi connectivity index (χ3n) is 4.31. The van der Waals surface area contributed by atoms with Crippen LogP contribution in [-0.4, -0.2) is 47.1 Å². The number of imidazole rings is 1. The Hall–Kier alpha value is -1.88. The van der Waals surface area contributed by atoms with Crippen molar-refractivity contribution >= 4 is 17.0 Å². The van der Waals surface area contributed by atoms with E-state index < -0.39 is 0 Å². The van der Waals surface area contributed by atoms with E-state index in [1.54, 1.807) is 0 Å². The van der Waals surface area contributed by atoms with Gasteiger partial charge in [-0.15, -0.1) is 0 Å². The molecule has 2 aromatic rings. The van der Waals surface area contributed by atoms with Crippen molar-refractivity contribution in [1.29, 1.82) is 0 Å². The summed E-state index contributed by atoms with van der Waals surface area (Å²) in [4.78, 5) is 21.9. The van der Waals surface area contributed by atoms with Crippen LogP contribution in [0.1, 0.15) is 30.8 Å². The number of aromatic amines is 1. The lowest BCUT2D eigenvalue weighted by Crippen LogP contribution is -2.25. The predicted molar refractivity (Wildman–Crippen MR) is 86.0 cm³/mol. The molecule has 0 fully saturated rings. The molecule has 0 unspecified atom stereocenters. The average molecular weight is 301 g/mol. The van der Waals surface area contributed by atoms with E-state index in [2.05, 4.69) is 33.9 Å². The van der Waals surface area contributed by atoms with Gasteiger partial charge in [0.15, 0.2) is 0 Å². The molecular formula is C17H23N3O2. The van der Waals surface area contributed by atoms with Crippen molar-refractivity contribution in [2.24, 2.45) is 0 Å². The zero-order valence-corrected chi connectivity index (χ0v) is 13.3. The van der Waals surface area contributed by atoms with Gasteiger partial charge in [-0.25, -0.2) is 4.98 Å². The number of nitrogens with one attached hydrogen (secondary N) is 1. The Balaban J connectivity index is 1.84. The molecule has 1 aromatic heterocycles. The lowest BCUT2D eigenvalue weighted by Gasteiger charge is -2.16. The maximum atomic E-state index is 11.6. The summed E-state index contributed by atoms with van der Waals surface area (Å²) in [7, 11) is 0. The number of carbonyl (C=O) groups excluding carboxylic acids is 1. The third kappa shape index (κ3) is 3.14. The first-order valence-electron chi connectivity index (χ1n) is 8.08. The van der Waals surface area contributed by atoms with Gasteiger partial charge < -0.3 is 14.6 Å². The largest absolute Gasteiger partial charge is 0.466 e. The van der Waals surface area contributed by atoms with Gasteiger partial charge in [0.25, 0.3) is 0 Å². The molecule has 1 N–H and O–H groups in total. The smallest absolute Gasteiger partial charge is 0.313 e. The number of nitrogens with zero attached hydrogens (tertiary/aromatic N) is 2. The molecule has 3 rings (SSSR count). The summed E-state index contributed by atoms with van der Waals surface area (Å²) in [6.07, 6.45) is 2.35. The summed E-state index contributed by atoms with van der Waals surface area (Å²) in [5, 5.41) is 0. The number of aromatic nitrogens is 2. The Morgan fingerprint density at radius 3 is 2.68 bits per heavy atom. The van der Waals surface area contributed by atoms with E-state index in [0.717, 1.165) is 43.5 Å². The number of fused-ring (bicyclic) bond motifs is 2. The molecule has 0 radical (unpaired) electrons. The molecule has 1 aliphatic rings. The summed E-state index contributed by atoms with van der Waals surface area (Å²) in [6, 6.07) is 4.38. The minimum Gasteiger partial charge on any atom is -0.466 e. The first-order valence-corrected chi connectivity index (χ1v) is 8.08. The van der Waals surface area contributed by atoms with Crippen molar-refractivity contribution in [3.63, 3.8) is 0 Å². The Bertz CT molecular complexity index is 633. The van der Waals surface area contributed by atoms with Crippen LogP contribution in [0.3, 0.4) is 0 Å². The van der Waals surface area contributed by atoms with Gasteiger partial charge in [0, 0.05) is 13.1 Å². The van der Waals surface area contributed by atoms with Gasteiger partial charge in [0.05, 0.1) is 17.6 Å². The van der Waals surface area contributed by atoms with Crippen LogP contribution in [0.2, 0.25) is 0 Å². The number of hydrogen-bond acceptors (Lipinski definition) is 4. The molecule has 22 heavy (non-hydrogen) atoms. The highest BCUT2D eigenvalue weighted by Crippen LogP contribution is 2.22. The maximum Gasteiger partial charge on any atom is 0.313 e. The van der Waals surface area contributed by atoms with Crippen LogP contribution in [-0.2, 0) is 28.8 Å². The Morgan fingerprint density at radius 1 is 1.27 bits per heavy atom. The molecule has 118 valence electrons. The van der Waals surface area contributed by atoms with Crippen LogP contribution in [0, 0.1) is 0 Å². The van der Waals surface area contributed by atoms with Crippen LogP contribution in [0.4, 0.5) is 0 Å². The van der Waals surface area contributed by atoms with Crippen LogP contribution < -0.4 is 0 Å². The van der Waals surface area contributed by atoms with Crippen LogP contribution >= 0.6 is 0 Å². The quantitative estimate of drug-likeness (QED) is 0.879. The van der Waals surface area contributed by atoms with E-state index in [1.807, 2.05) is 6.92 Å². The molecule has 0 atom stereocenters. The fourth-order valence-electron chi connectivity index (χ4n) is 3.08. The van der Waals surface area contributed by atoms with Crippen molar-refractivity contribution in [3.05, 3.63) is 29.1 Å². The Labute approximate surface area is 130 Å². The molecule has 1 aromatic carbocycles. The van der Waals surface area contributed by atoms with Gasteiger partial charge in [-0.05, 0) is 49.6 Å². The number of carbonyl (C=O) groups is 1. The summed E-state index contributed by atoms with van der Waals surface area (Å²) in [5.74, 6) is 0.450. The van der Waals surface area contributed by atoms with Gasteiger partial charge in [-0.2, -0.15) is 0 Å². The standard InChI is InChI=1S/C17H23N3O2/c1-3-20-7-5-12-9-14-15(10-13(12)6-8-20)19-16(18-14)11-17(21)22-4-2/h9-10H,3-8,11H2,1-2H3,(H,18,19). The zero-order valence-electron chi connectivity index (χ0n) is 13.3. The molecule has 0 bridgehead atoms. The molecule has 0 spiro atoms. The summed E-state index contributed by atoms with van der Waals surface area (Å²) < 4.78 is 4.98. The molecule has 0 aliphatic carbocycles. The van der Waals surface area contributed by atoms with E-state index in [0.29, 0.717) is 12.4 Å². The number of H-pyrrole nitrogens is 1. The monoisotopic (exact) mass is 301 g/mol. The molecule has 2 heterocycles. The van der Waals surface area contributed by atoms with E-state index >= 15 is 0 Å². The van der Waals surface area contributed by atoms with E-state index in [9.17, 15) is 4.79 Å². The lowest BCUT2D eigenvalue weighted by molar-refractivity contribution is -0.142. The third-order valence-corrected chi connectivity index (χ3v) is 4.31. The van der Waals surface area contributed by atoms with Crippen LogP contribution in [0.15, 0.2) is 12.1 Å². The predicted octanol–water partition coefficient (Wildman–Crippen LogP) is 2.09. The van der Waals surface area contributed by atoms with Crippen LogP contribution in [0.5, 0.6) is 0 Å². The van der Waals surface area contributed by atoms with Crippen LogP contribution in [0.25, 0.3) is 11.0 Å². The van der Waals surface area contributed by atoms with E-state index in [1.165, 1.54) is 11.1 Å². The lowest BCUT2D eigenvalue weighted by atomic mass is 10.0. The fraction of sp³-hybridized carbons (Fsp3) is 0.529. The number of likely N-dealkylation sites (N-methyl/N-ethyl adjacent to an activating group) is 1. The van der Waals surface area contributed by atoms with E-state index in [-0.39, 0.29) is 12.4 Å². The number of esters is 1. The first-order chi connectivity index (χ1) is 10.7. The second-order valence-electron chi connectivity index (χ2n) is 5.74. The fourth-order valence-corrected chi connectivity index (χ4v) is 3.08. The second-order valence-corrected chi connectivity index (χ2v) is 5.74. The van der Waals surface area contributed by atoms with Gasteiger partial charge in [-0.1, -0.05) is 6.92 Å². The molecular weight excluding hydrogens is 278 g/mol. The Morgan fingerprint density at radius 2 is 2.00 bits per heavy atom. The van der Waals surface area contributed by atoms with Gasteiger partial charge in [0.1, 0.15) is 12.2 Å². The SMILES string of the molecule is CCOC(=O)Cc1nc2cc3c(cc2[nH]1)CCN(CC)CC3. The van der Waals surface area contributed by atoms with Gasteiger partial charge >= 0.3 is 5.97 Å². The normalized spacial score (nSPS) is 15.5. The topological polar surface area (TPSA) is 58.2 Å². The van der Waals surface area contributed by atoms with Gasteiger partial charge in [0.2, 0.25) is 0 Å². The second kappa shape index (κ2) is 6.48. The minimum atomic E-state index is -0.235. The molecule has 0 saturated carbocycles. The number of ether oxygens (including phenoxy) is 1. The highest BCUT2D eigenvalue weighted by Gasteiger charge is 2.16. The van der Waals surface area contributed by atoms with E-state index in [4.69, 9.17) is 4.74 Å². The molecule has 1 aliphatic heterocycles. The zero-order chi connectivity index (χ0) is 15.5. The molecule has 5 nitrogen and oxygen atoms in total. The minimum absolute atomic E-state index is 0.205. The first kappa shape index (κ1) is 15.0. The Kier molecular flexibility index (Phi) is 4.43. The molecule has 5 heteroatoms. The number of rotatable bonds is 4. The van der Waals surface area contributed by atoms with Gasteiger partial charge in [-0.3, -0.25) is 4.79 Å². The van der Waals surface area contributed by atoms with Crippen molar-refractivity contribution < 1.29 is 9.53 Å². The maximum absolute atomic E-state index is 11.6. The van der Waals surface area contributed by atoms with Crippen molar-refractivity contribution in [2.45, 2.75) is 33.1 Å². The van der Waals surface area contributed by atoms with Crippen molar-refractivity contribution in [2.75, 3.05) is 26.2 Å². The van der Waals surface area contributed by atoms with Crippen molar-refractivity contribution in [3.8, 4) is 0 Å². The van der Waals surface area contributed by atoms with Crippen molar-refractivity contribution in [1.82, 2.24) is 14.9 Å². The molecule has 0 amide bonds. The summed E-state index contributed by atoms with van der Waals surface area (Å²) in [5.41, 5.74) is 4.75. The highest BCUT2D eigenvalue weighted by molar-refractivity contribution is 5.79.